The summed E-state index contributed by atoms with van der Waals surface area (Å²) >= 11 is 0. The maximum atomic E-state index is 12.9. The van der Waals surface area contributed by atoms with Gasteiger partial charge in [-0.3, -0.25) is 9.48 Å². The Morgan fingerprint density at radius 2 is 1.83 bits per heavy atom. The van der Waals surface area contributed by atoms with Crippen molar-refractivity contribution >= 4 is 28.5 Å². The molecule has 9 nitrogen and oxygen atoms in total. The van der Waals surface area contributed by atoms with Gasteiger partial charge in [0.25, 0.3) is 5.56 Å². The van der Waals surface area contributed by atoms with Gasteiger partial charge in [0.1, 0.15) is 5.39 Å². The van der Waals surface area contributed by atoms with Gasteiger partial charge in [-0.05, 0) is 81.9 Å². The first kappa shape index (κ1) is 23.4. The molecule has 0 radical (unpaired) electrons. The number of H-pyrrole nitrogens is 1. The van der Waals surface area contributed by atoms with Crippen molar-refractivity contribution in [1.82, 2.24) is 24.6 Å². The van der Waals surface area contributed by atoms with E-state index >= 15 is 0 Å². The molecule has 1 amide bonds. The van der Waals surface area contributed by atoms with E-state index in [1.165, 1.54) is 23.3 Å². The largest absolute Gasteiger partial charge is 0.465 e. The lowest BCUT2D eigenvalue weighted by molar-refractivity contribution is 0.0869. The quantitative estimate of drug-likeness (QED) is 0.509. The molecule has 0 saturated carbocycles. The molecule has 2 fully saturated rings. The van der Waals surface area contributed by atoms with Gasteiger partial charge in [-0.2, -0.15) is 5.10 Å². The Hall–Kier alpha value is -3.33. The van der Waals surface area contributed by atoms with E-state index in [-0.39, 0.29) is 11.1 Å². The number of benzene rings is 1. The van der Waals surface area contributed by atoms with Crippen LogP contribution in [0.25, 0.3) is 10.9 Å². The van der Waals surface area contributed by atoms with Crippen molar-refractivity contribution in [2.75, 3.05) is 38.5 Å². The zero-order valence-electron chi connectivity index (χ0n) is 20.5. The van der Waals surface area contributed by atoms with Gasteiger partial charge in [0, 0.05) is 25.0 Å². The van der Waals surface area contributed by atoms with Crippen molar-refractivity contribution in [3.63, 3.8) is 0 Å². The van der Waals surface area contributed by atoms with E-state index in [0.29, 0.717) is 43.1 Å². The highest BCUT2D eigenvalue weighted by Crippen LogP contribution is 2.37. The summed E-state index contributed by atoms with van der Waals surface area (Å²) in [5.74, 6) is 1.12. The number of amides is 1. The van der Waals surface area contributed by atoms with Gasteiger partial charge >= 0.3 is 6.09 Å². The third-order valence-corrected chi connectivity index (χ3v) is 8.04. The second-order valence-corrected chi connectivity index (χ2v) is 10.00. The molecule has 186 valence electrons. The van der Waals surface area contributed by atoms with Gasteiger partial charge in [-0.1, -0.05) is 19.1 Å². The molecular weight excluding hydrogens is 444 g/mol. The monoisotopic (exact) mass is 478 g/mol. The number of hydrogen-bond donors (Lipinski definition) is 3. The Bertz CT molecular complexity index is 1250. The van der Waals surface area contributed by atoms with Gasteiger partial charge in [0.2, 0.25) is 0 Å². The smallest absolute Gasteiger partial charge is 0.407 e. The van der Waals surface area contributed by atoms with Gasteiger partial charge in [-0.15, -0.1) is 0 Å². The predicted molar refractivity (Wildman–Crippen MR) is 137 cm³/mol. The second kappa shape index (κ2) is 9.37. The molecule has 1 aromatic carbocycles. The van der Waals surface area contributed by atoms with Crippen LogP contribution in [0.2, 0.25) is 0 Å². The first-order chi connectivity index (χ1) is 16.9. The fraction of sp³-hybridized carbons (Fsp3) is 0.500. The van der Waals surface area contributed by atoms with Crippen LogP contribution in [0.4, 0.5) is 16.3 Å². The average molecular weight is 479 g/mol. The minimum atomic E-state index is -0.887. The van der Waals surface area contributed by atoms with Crippen molar-refractivity contribution in [2.45, 2.75) is 50.5 Å². The molecule has 0 atom stereocenters. The van der Waals surface area contributed by atoms with Gasteiger partial charge in [0.15, 0.2) is 5.82 Å². The molecule has 0 bridgehead atoms. The van der Waals surface area contributed by atoms with Crippen LogP contribution in [0.1, 0.15) is 50.5 Å². The number of nitrogens with one attached hydrogen (secondary N) is 2. The number of carboxylic acid groups (broad SMARTS) is 1. The summed E-state index contributed by atoms with van der Waals surface area (Å²) < 4.78 is 1.96. The van der Waals surface area contributed by atoms with Crippen molar-refractivity contribution in [3.8, 4) is 0 Å². The fourth-order valence-corrected chi connectivity index (χ4v) is 5.67. The SMILES string of the molecule is CCC1(n2nc(Nc3ccc(C4CCN(C)CC4)cc3)c3c(=O)[nH]ccc32)CCN(C(=O)O)CC1. The number of pyridine rings is 1. The van der Waals surface area contributed by atoms with E-state index in [9.17, 15) is 14.7 Å². The van der Waals surface area contributed by atoms with E-state index in [2.05, 4.69) is 53.4 Å². The summed E-state index contributed by atoms with van der Waals surface area (Å²) in [6, 6.07) is 10.4. The van der Waals surface area contributed by atoms with Crippen LogP contribution in [0.15, 0.2) is 41.3 Å². The Kier molecular flexibility index (Phi) is 6.27. The Morgan fingerprint density at radius 3 is 2.46 bits per heavy atom. The van der Waals surface area contributed by atoms with Crippen molar-refractivity contribution in [1.29, 1.82) is 0 Å². The van der Waals surface area contributed by atoms with E-state index in [1.807, 2.05) is 10.7 Å². The van der Waals surface area contributed by atoms with Crippen molar-refractivity contribution < 1.29 is 9.90 Å². The molecule has 0 aliphatic carbocycles. The van der Waals surface area contributed by atoms with Crippen LogP contribution in [-0.4, -0.2) is 69.0 Å². The third kappa shape index (κ3) is 4.40. The van der Waals surface area contributed by atoms with E-state index in [1.54, 1.807) is 6.20 Å². The third-order valence-electron chi connectivity index (χ3n) is 8.04. The van der Waals surface area contributed by atoms with E-state index < -0.39 is 6.09 Å². The van der Waals surface area contributed by atoms with Gasteiger partial charge < -0.3 is 25.2 Å². The van der Waals surface area contributed by atoms with Crippen LogP contribution in [0, 0.1) is 0 Å². The molecule has 0 spiro atoms. The first-order valence-electron chi connectivity index (χ1n) is 12.5. The molecule has 4 heterocycles. The summed E-state index contributed by atoms with van der Waals surface area (Å²) in [5.41, 5.74) is 2.49. The van der Waals surface area contributed by atoms with Crippen molar-refractivity contribution in [3.05, 3.63) is 52.4 Å². The average Bonchev–Trinajstić information content (AvgIpc) is 3.25. The predicted octanol–water partition coefficient (Wildman–Crippen LogP) is 4.16. The minimum absolute atomic E-state index is 0.187. The lowest BCUT2D eigenvalue weighted by Crippen LogP contribution is -2.47. The molecule has 3 N–H and O–H groups in total. The Morgan fingerprint density at radius 1 is 1.14 bits per heavy atom. The normalized spacial score (nSPS) is 19.2. The molecule has 5 rings (SSSR count). The fourth-order valence-electron chi connectivity index (χ4n) is 5.67. The molecule has 3 aromatic rings. The molecule has 2 aliphatic rings. The van der Waals surface area contributed by atoms with Gasteiger partial charge in [-0.25, -0.2) is 4.79 Å². The number of nitrogens with zero attached hydrogens (tertiary/aromatic N) is 4. The lowest BCUT2D eigenvalue weighted by atomic mass is 9.85. The minimum Gasteiger partial charge on any atom is -0.465 e. The van der Waals surface area contributed by atoms with Crippen molar-refractivity contribution in [2.24, 2.45) is 0 Å². The zero-order chi connectivity index (χ0) is 24.6. The topological polar surface area (TPSA) is 106 Å². The first-order valence-corrected chi connectivity index (χ1v) is 12.5. The summed E-state index contributed by atoms with van der Waals surface area (Å²) in [5, 5.41) is 18.2. The second-order valence-electron chi connectivity index (χ2n) is 10.00. The number of carbonyl (C=O) groups is 1. The number of hydrogen-bond acceptors (Lipinski definition) is 5. The number of rotatable bonds is 5. The number of likely N-dealkylation sites (tertiary alicyclic amines) is 2. The maximum Gasteiger partial charge on any atom is 0.407 e. The molecule has 2 saturated heterocycles. The van der Waals surface area contributed by atoms with Gasteiger partial charge in [0.05, 0.1) is 11.1 Å². The number of piperidine rings is 2. The van der Waals surface area contributed by atoms with Crippen LogP contribution in [0.3, 0.4) is 0 Å². The molecule has 2 aliphatic heterocycles. The number of aromatic nitrogens is 3. The molecule has 35 heavy (non-hydrogen) atoms. The Labute approximate surface area is 204 Å². The van der Waals surface area contributed by atoms with Crippen LogP contribution in [-0.2, 0) is 5.54 Å². The highest BCUT2D eigenvalue weighted by Gasteiger charge is 2.38. The molecular formula is C26H34N6O3. The van der Waals surface area contributed by atoms with E-state index in [0.717, 1.165) is 30.7 Å². The molecule has 2 aromatic heterocycles. The van der Waals surface area contributed by atoms with E-state index in [4.69, 9.17) is 5.10 Å². The summed E-state index contributed by atoms with van der Waals surface area (Å²) in [4.78, 5) is 30.9. The summed E-state index contributed by atoms with van der Waals surface area (Å²) in [7, 11) is 2.17. The standard InChI is InChI=1S/C26H34N6O3/c1-3-26(11-16-31(17-12-26)25(34)35)32-21-8-13-27-24(33)22(21)23(29-32)28-20-6-4-18(5-7-20)19-9-14-30(2)15-10-19/h4-8,13,19H,3,9-12,14-17H2,1-2H3,(H,27,33)(H,28,29)(H,34,35). The van der Waals surface area contributed by atoms with Crippen LogP contribution >= 0.6 is 0 Å². The van der Waals surface area contributed by atoms with Crippen LogP contribution < -0.4 is 10.9 Å². The zero-order valence-corrected chi connectivity index (χ0v) is 20.5. The summed E-state index contributed by atoms with van der Waals surface area (Å²) in [6.45, 7) is 5.26. The lowest BCUT2D eigenvalue weighted by Gasteiger charge is -2.41. The highest BCUT2D eigenvalue weighted by atomic mass is 16.4. The number of fused-ring (bicyclic) bond motifs is 1. The highest BCUT2D eigenvalue weighted by molar-refractivity contribution is 5.91. The Balaban J connectivity index is 1.44. The molecule has 9 heteroatoms. The number of anilines is 2. The number of aromatic amines is 1. The summed E-state index contributed by atoms with van der Waals surface area (Å²) in [6.07, 6.45) is 5.22. The van der Waals surface area contributed by atoms with Crippen LogP contribution in [0.5, 0.6) is 0 Å². The maximum absolute atomic E-state index is 12.9. The molecule has 0 unspecified atom stereocenters.